The van der Waals surface area contributed by atoms with Gasteiger partial charge in [0.15, 0.2) is 37.6 Å². The van der Waals surface area contributed by atoms with Crippen LogP contribution in [-0.2, 0) is 61.8 Å². The maximum absolute atomic E-state index is 12.5. The van der Waals surface area contributed by atoms with Gasteiger partial charge in [0.25, 0.3) is 0 Å². The molecule has 17 N–H and O–H groups in total. The van der Waals surface area contributed by atoms with Gasteiger partial charge in [-0.3, -0.25) is 14.4 Å². The lowest BCUT2D eigenvalue weighted by molar-refractivity contribution is -0.372. The largest absolute Gasteiger partial charge is 0.479 e. The molecule has 380 valence electrons. The predicted molar refractivity (Wildman–Crippen MR) is 202 cm³/mol. The zero-order valence-corrected chi connectivity index (χ0v) is 35.3. The molecule has 30 heteroatoms. The van der Waals surface area contributed by atoms with Crippen LogP contribution in [0.3, 0.4) is 0 Å². The van der Waals surface area contributed by atoms with Crippen molar-refractivity contribution in [3.05, 3.63) is 0 Å². The fourth-order valence-corrected chi connectivity index (χ4v) is 8.11. The first-order valence-corrected chi connectivity index (χ1v) is 20.6. The van der Waals surface area contributed by atoms with E-state index in [1.54, 1.807) is 0 Å². The Morgan fingerprint density at radius 3 is 1.44 bits per heavy atom. The first-order chi connectivity index (χ1) is 31.0. The molecule has 5 fully saturated rings. The van der Waals surface area contributed by atoms with Crippen molar-refractivity contribution in [2.45, 2.75) is 174 Å². The number of amides is 3. The molecule has 3 amide bonds. The van der Waals surface area contributed by atoms with E-state index in [2.05, 4.69) is 16.0 Å². The number of nitrogens with one attached hydrogen (secondary N) is 3. The van der Waals surface area contributed by atoms with E-state index in [0.29, 0.717) is 0 Å². The van der Waals surface area contributed by atoms with Crippen LogP contribution in [0.25, 0.3) is 0 Å². The van der Waals surface area contributed by atoms with Crippen molar-refractivity contribution in [2.75, 3.05) is 26.4 Å². The van der Waals surface area contributed by atoms with Gasteiger partial charge in [0.2, 0.25) is 17.7 Å². The number of carboxylic acid groups (broad SMARTS) is 1. The first-order valence-electron chi connectivity index (χ1n) is 20.6. The molecule has 5 saturated heterocycles. The highest BCUT2D eigenvalue weighted by atomic mass is 16.8. The van der Waals surface area contributed by atoms with Crippen LogP contribution >= 0.6 is 0 Å². The maximum Gasteiger partial charge on any atom is 0.335 e. The zero-order chi connectivity index (χ0) is 49.1. The molecule has 0 aliphatic carbocycles. The van der Waals surface area contributed by atoms with Gasteiger partial charge in [-0.05, 0) is 0 Å². The predicted octanol–water partition coefficient (Wildman–Crippen LogP) is -11.4. The number of rotatable bonds is 16. The Morgan fingerprint density at radius 2 is 0.879 bits per heavy atom. The van der Waals surface area contributed by atoms with Crippen LogP contribution in [0, 0.1) is 0 Å². The molecule has 0 aromatic rings. The van der Waals surface area contributed by atoms with Gasteiger partial charge in [0.05, 0.1) is 26.4 Å². The smallest absolute Gasteiger partial charge is 0.335 e. The SMILES string of the molecule is CC(=O)N[C@@H]1[C@@H](O[C@@H]2O[C@H](CO)[C@H](O)[C@H](O[C@@H]3O[C@H](C(=O)O)[C@@H](O)[C@H](O)[C@H]3O)[C@H]2O)[C@@H](O)[C@@H](CO[C@@H]2O[C@H](CO)[C@@H](O)[C@H](O[C@@H]3O[C@H](CO)[C@@H](O)[C@H](O)[C@H]3NC(C)=O)[C@H]2NC(C)=O)O[C@@H]1O. The summed E-state index contributed by atoms with van der Waals surface area (Å²) < 4.78 is 50.8. The van der Waals surface area contributed by atoms with Gasteiger partial charge in [0, 0.05) is 20.8 Å². The number of aliphatic hydroxyl groups is 13. The van der Waals surface area contributed by atoms with Crippen LogP contribution in [0.15, 0.2) is 0 Å². The van der Waals surface area contributed by atoms with Crippen molar-refractivity contribution in [3.8, 4) is 0 Å². The molecular weight excluding hydrogens is 906 g/mol. The standard InChI is InChI=1S/C36H59N3O27/c1-8(43)37-15-22(50)18(46)11(4-40)61-34(15)63-28-17(39-10(3)45)33(60-12(5-41)19(28)47)58-7-14-21(49)27(16(32(57)59-14)38-9(2)44)64-36-26(54)29(20(48)13(6-42)62-36)65-35-25(53)23(51)24(52)30(66-35)31(55)56/h11-30,32-36,40-42,46-54,57H,4-7H2,1-3H3,(H,37,43)(H,38,44)(H,39,45)(H,55,56)/t11-,12-,13-,14-,15-,16-,17-,18-,19-,20+,21+,22-,23+,24+,25-,26-,27-,28-,29+,30+,32+,33-,34+,35-,36+/m1/s1. The third kappa shape index (κ3) is 11.9. The van der Waals surface area contributed by atoms with E-state index >= 15 is 0 Å². The topological polar surface area (TPSA) is 471 Å². The number of carbonyl (C=O) groups excluding carboxylic acids is 3. The highest BCUT2D eigenvalue weighted by molar-refractivity contribution is 5.74. The van der Waals surface area contributed by atoms with Gasteiger partial charge < -0.3 is 130 Å². The van der Waals surface area contributed by atoms with E-state index in [0.717, 1.165) is 20.8 Å². The average Bonchev–Trinajstić information content (AvgIpc) is 3.25. The lowest BCUT2D eigenvalue weighted by Crippen LogP contribution is -2.70. The average molecular weight is 966 g/mol. The third-order valence-corrected chi connectivity index (χ3v) is 11.5. The molecule has 66 heavy (non-hydrogen) atoms. The third-order valence-electron chi connectivity index (χ3n) is 11.5. The molecule has 25 atom stereocenters. The minimum absolute atomic E-state index is 0.724. The Balaban J connectivity index is 1.38. The van der Waals surface area contributed by atoms with Crippen LogP contribution in [0.1, 0.15) is 20.8 Å². The molecule has 5 heterocycles. The van der Waals surface area contributed by atoms with Gasteiger partial charge in [0.1, 0.15) is 116 Å². The molecule has 5 aliphatic heterocycles. The molecule has 0 saturated carbocycles. The number of carboxylic acids is 1. The summed E-state index contributed by atoms with van der Waals surface area (Å²) in [5.74, 6) is -4.10. The van der Waals surface area contributed by atoms with Crippen molar-refractivity contribution in [2.24, 2.45) is 0 Å². The minimum atomic E-state index is -2.21. The summed E-state index contributed by atoms with van der Waals surface area (Å²) in [6.07, 6.45) is -42.2. The number of aliphatic hydroxyl groups excluding tert-OH is 13. The summed E-state index contributed by atoms with van der Waals surface area (Å²) in [7, 11) is 0. The second-order valence-electron chi connectivity index (χ2n) is 16.2. The number of aliphatic carboxylic acids is 1. The second-order valence-corrected chi connectivity index (χ2v) is 16.2. The zero-order valence-electron chi connectivity index (χ0n) is 35.3. The Hall–Kier alpha value is -3.00. The highest BCUT2D eigenvalue weighted by Gasteiger charge is 2.56. The molecule has 30 nitrogen and oxygen atoms in total. The molecule has 5 aliphatic rings. The van der Waals surface area contributed by atoms with Crippen LogP contribution in [-0.4, -0.2) is 275 Å². The van der Waals surface area contributed by atoms with Crippen LogP contribution in [0.5, 0.6) is 0 Å². The van der Waals surface area contributed by atoms with Gasteiger partial charge in [-0.25, -0.2) is 4.79 Å². The number of hydrogen-bond donors (Lipinski definition) is 17. The normalized spacial score (nSPS) is 46.5. The lowest BCUT2D eigenvalue weighted by Gasteiger charge is -2.49. The van der Waals surface area contributed by atoms with Crippen LogP contribution in [0.2, 0.25) is 0 Å². The summed E-state index contributed by atoms with van der Waals surface area (Å²) in [5, 5.41) is 155. The fraction of sp³-hybridized carbons (Fsp3) is 0.889. The summed E-state index contributed by atoms with van der Waals surface area (Å²) in [6, 6.07) is -4.83. The van der Waals surface area contributed by atoms with Crippen molar-refractivity contribution in [1.82, 2.24) is 16.0 Å². The Kier molecular flexibility index (Phi) is 18.9. The van der Waals surface area contributed by atoms with E-state index in [1.165, 1.54) is 0 Å². The highest BCUT2D eigenvalue weighted by Crippen LogP contribution is 2.34. The van der Waals surface area contributed by atoms with Crippen molar-refractivity contribution < 1.29 is 133 Å². The summed E-state index contributed by atoms with van der Waals surface area (Å²) in [6.45, 7) is -0.485. The number of hydrogen-bond acceptors (Lipinski definition) is 26. The number of carbonyl (C=O) groups is 4. The monoisotopic (exact) mass is 965 g/mol. The Labute approximate surface area is 373 Å². The lowest BCUT2D eigenvalue weighted by atomic mass is 9.94. The van der Waals surface area contributed by atoms with Crippen LogP contribution in [0.4, 0.5) is 0 Å². The molecule has 0 aromatic heterocycles. The van der Waals surface area contributed by atoms with E-state index in [-0.39, 0.29) is 0 Å². The van der Waals surface area contributed by atoms with Gasteiger partial charge in [-0.15, -0.1) is 0 Å². The van der Waals surface area contributed by atoms with Crippen molar-refractivity contribution in [1.29, 1.82) is 0 Å². The Morgan fingerprint density at radius 1 is 0.439 bits per heavy atom. The molecular formula is C36H59N3O27. The molecule has 5 rings (SSSR count). The van der Waals surface area contributed by atoms with Crippen molar-refractivity contribution in [3.63, 3.8) is 0 Å². The molecule has 0 aromatic carbocycles. The minimum Gasteiger partial charge on any atom is -0.479 e. The van der Waals surface area contributed by atoms with Crippen molar-refractivity contribution >= 4 is 23.7 Å². The second kappa shape index (κ2) is 23.1. The Bertz CT molecular complexity index is 1640. The van der Waals surface area contributed by atoms with E-state index in [4.69, 9.17) is 42.6 Å². The summed E-state index contributed by atoms with van der Waals surface area (Å²) in [5.41, 5.74) is 0. The van der Waals surface area contributed by atoms with E-state index in [9.17, 15) is 90.7 Å². The van der Waals surface area contributed by atoms with Gasteiger partial charge >= 0.3 is 5.97 Å². The van der Waals surface area contributed by atoms with E-state index < -0.39 is 203 Å². The quantitative estimate of drug-likeness (QED) is 0.0683. The molecule has 0 radical (unpaired) electrons. The summed E-state index contributed by atoms with van der Waals surface area (Å²) in [4.78, 5) is 48.5. The molecule has 0 unspecified atom stereocenters. The fourth-order valence-electron chi connectivity index (χ4n) is 8.11. The van der Waals surface area contributed by atoms with E-state index in [1.807, 2.05) is 0 Å². The van der Waals surface area contributed by atoms with Crippen LogP contribution < -0.4 is 16.0 Å². The van der Waals surface area contributed by atoms with Gasteiger partial charge in [-0.1, -0.05) is 0 Å². The van der Waals surface area contributed by atoms with Gasteiger partial charge in [-0.2, -0.15) is 0 Å². The first kappa shape index (κ1) is 53.9. The maximum atomic E-state index is 12.5. The molecule has 0 spiro atoms. The summed E-state index contributed by atoms with van der Waals surface area (Å²) >= 11 is 0. The number of ether oxygens (including phenoxy) is 9. The molecule has 0 bridgehead atoms.